The Morgan fingerprint density at radius 2 is 2.20 bits per heavy atom. The van der Waals surface area contributed by atoms with Crippen molar-refractivity contribution in [1.29, 1.82) is 0 Å². The van der Waals surface area contributed by atoms with Gasteiger partial charge < -0.3 is 30.0 Å². The van der Waals surface area contributed by atoms with E-state index in [1.54, 1.807) is 24.3 Å². The number of carbonyl (C=O) groups excluding carboxylic acids is 1. The quantitative estimate of drug-likeness (QED) is 0.369. The summed E-state index contributed by atoms with van der Waals surface area (Å²) in [6, 6.07) is 9.39. The molecular formula is C24H25ClFN3O6. The lowest BCUT2D eigenvalue weighted by Gasteiger charge is -2.34. The Labute approximate surface area is 204 Å². The van der Waals surface area contributed by atoms with Gasteiger partial charge in [0.1, 0.15) is 11.0 Å². The maximum absolute atomic E-state index is 14.5. The van der Waals surface area contributed by atoms with Gasteiger partial charge in [0.25, 0.3) is 11.5 Å². The molecule has 0 radical (unpaired) electrons. The van der Waals surface area contributed by atoms with Crippen molar-refractivity contribution in [3.63, 3.8) is 0 Å². The third kappa shape index (κ3) is 5.96. The maximum atomic E-state index is 14.5. The normalized spacial score (nSPS) is 20.1. The Bertz CT molecular complexity index is 1280. The van der Waals surface area contributed by atoms with Crippen LogP contribution >= 0.6 is 11.6 Å². The minimum absolute atomic E-state index is 0.00252. The number of halogens is 2. The van der Waals surface area contributed by atoms with E-state index in [1.807, 2.05) is 0 Å². The second-order valence-corrected chi connectivity index (χ2v) is 8.93. The van der Waals surface area contributed by atoms with Crippen molar-refractivity contribution in [2.45, 2.75) is 37.5 Å². The molecule has 2 aromatic carbocycles. The van der Waals surface area contributed by atoms with E-state index in [0.717, 1.165) is 11.6 Å². The fraction of sp³-hybridized carbons (Fsp3) is 0.375. The second-order valence-electron chi connectivity index (χ2n) is 8.49. The third-order valence-corrected chi connectivity index (χ3v) is 6.07. The fourth-order valence-corrected chi connectivity index (χ4v) is 4.06. The van der Waals surface area contributed by atoms with Gasteiger partial charge >= 0.3 is 0 Å². The number of amides is 1. The van der Waals surface area contributed by atoms with Gasteiger partial charge in [-0.1, -0.05) is 23.7 Å². The summed E-state index contributed by atoms with van der Waals surface area (Å²) in [4.78, 5) is 31.9. The Balaban J connectivity index is 1.44. The van der Waals surface area contributed by atoms with E-state index < -0.39 is 22.9 Å². The number of carbonyl (C=O) groups is 1. The number of aromatic nitrogens is 2. The monoisotopic (exact) mass is 505 g/mol. The van der Waals surface area contributed by atoms with Crippen LogP contribution in [0.4, 0.5) is 4.39 Å². The van der Waals surface area contributed by atoms with Crippen LogP contribution in [-0.2, 0) is 11.3 Å². The molecule has 1 aliphatic heterocycles. The first-order chi connectivity index (χ1) is 16.8. The summed E-state index contributed by atoms with van der Waals surface area (Å²) < 4.78 is 25.7. The number of aliphatic hydroxyl groups is 2. The number of nitrogens with zero attached hydrogens (tertiary/aromatic N) is 1. The van der Waals surface area contributed by atoms with E-state index in [9.17, 15) is 24.2 Å². The van der Waals surface area contributed by atoms with Crippen molar-refractivity contribution in [1.82, 2.24) is 15.3 Å². The van der Waals surface area contributed by atoms with Gasteiger partial charge in [0.15, 0.2) is 17.4 Å². The average Bonchev–Trinajstić information content (AvgIpc) is 2.85. The number of rotatable bonds is 8. The summed E-state index contributed by atoms with van der Waals surface area (Å²) in [7, 11) is 0. The average molecular weight is 506 g/mol. The van der Waals surface area contributed by atoms with Crippen molar-refractivity contribution >= 4 is 28.4 Å². The largest absolute Gasteiger partial charge is 0.489 e. The van der Waals surface area contributed by atoms with E-state index in [-0.39, 0.29) is 54.9 Å². The van der Waals surface area contributed by atoms with E-state index in [2.05, 4.69) is 15.3 Å². The van der Waals surface area contributed by atoms with Crippen LogP contribution in [0, 0.1) is 5.82 Å². The van der Waals surface area contributed by atoms with Gasteiger partial charge in [-0.05, 0) is 42.7 Å². The Hall–Kier alpha value is -3.05. The van der Waals surface area contributed by atoms with E-state index >= 15 is 0 Å². The highest BCUT2D eigenvalue weighted by Gasteiger charge is 2.33. The number of nitrogens with one attached hydrogen (secondary N) is 2. The van der Waals surface area contributed by atoms with E-state index in [0.29, 0.717) is 24.3 Å². The number of aliphatic hydroxyl groups excluding tert-OH is 1. The number of fused-ring (bicyclic) bond motifs is 1. The lowest BCUT2D eigenvalue weighted by molar-refractivity contribution is -0.141. The zero-order chi connectivity index (χ0) is 25.0. The first kappa shape index (κ1) is 25.1. The summed E-state index contributed by atoms with van der Waals surface area (Å²) in [5.74, 6) is -1.81. The molecule has 0 spiro atoms. The molecule has 9 nitrogen and oxygen atoms in total. The number of H-pyrrole nitrogens is 1. The molecule has 0 bridgehead atoms. The van der Waals surface area contributed by atoms with Gasteiger partial charge in [-0.3, -0.25) is 9.59 Å². The topological polar surface area (TPSA) is 134 Å². The van der Waals surface area contributed by atoms with Gasteiger partial charge in [-0.15, -0.1) is 0 Å². The molecule has 35 heavy (non-hydrogen) atoms. The Kier molecular flexibility index (Phi) is 7.66. The van der Waals surface area contributed by atoms with E-state index in [1.165, 1.54) is 6.07 Å². The van der Waals surface area contributed by atoms with Crippen LogP contribution in [0.2, 0.25) is 5.02 Å². The van der Waals surface area contributed by atoms with Gasteiger partial charge in [0.05, 0.1) is 31.4 Å². The molecular weight excluding hydrogens is 481 g/mol. The number of hydrogen-bond donors (Lipinski definition) is 4. The molecule has 186 valence electrons. The zero-order valence-corrected chi connectivity index (χ0v) is 19.5. The molecule has 2 atom stereocenters. The SMILES string of the molecule is O=C(NCc1cccc(Cl)c1)c1nc2ccc(F)c(OCCC3CCC(O)(CO)CO3)c2c(=O)[nH]1. The van der Waals surface area contributed by atoms with Crippen LogP contribution < -0.4 is 15.6 Å². The molecule has 11 heteroatoms. The minimum atomic E-state index is -1.24. The summed E-state index contributed by atoms with van der Waals surface area (Å²) in [6.07, 6.45) is 1.05. The molecule has 3 aromatic rings. The standard InChI is InChI=1S/C24H25ClFN3O6/c25-15-3-1-2-14(10-15)11-27-23(32)21-28-18-5-4-17(26)20(19(18)22(31)29-21)34-9-7-16-6-8-24(33,12-30)13-35-16/h1-5,10,16,30,33H,6-9,11-13H2,(H,27,32)(H,28,29,31). The smallest absolute Gasteiger partial charge is 0.287 e. The number of ether oxygens (including phenoxy) is 2. The molecule has 1 aliphatic rings. The summed E-state index contributed by atoms with van der Waals surface area (Å²) in [6.45, 7) is -0.145. The van der Waals surface area contributed by atoms with Crippen LogP contribution in [-0.4, -0.2) is 57.6 Å². The summed E-state index contributed by atoms with van der Waals surface area (Å²) in [5, 5.41) is 22.3. The van der Waals surface area contributed by atoms with Crippen molar-refractivity contribution < 1.29 is 28.9 Å². The molecule has 0 saturated carbocycles. The highest BCUT2D eigenvalue weighted by Crippen LogP contribution is 2.27. The number of benzene rings is 2. The second kappa shape index (κ2) is 10.7. The van der Waals surface area contributed by atoms with Gasteiger partial charge in [0.2, 0.25) is 0 Å². The van der Waals surface area contributed by atoms with Crippen molar-refractivity contribution in [2.24, 2.45) is 0 Å². The van der Waals surface area contributed by atoms with E-state index in [4.69, 9.17) is 21.1 Å². The highest BCUT2D eigenvalue weighted by atomic mass is 35.5. The minimum Gasteiger partial charge on any atom is -0.489 e. The predicted molar refractivity (Wildman–Crippen MR) is 126 cm³/mol. The van der Waals surface area contributed by atoms with Crippen LogP contribution in [0.3, 0.4) is 0 Å². The maximum Gasteiger partial charge on any atom is 0.287 e. The summed E-state index contributed by atoms with van der Waals surface area (Å²) >= 11 is 5.95. The van der Waals surface area contributed by atoms with Gasteiger partial charge in [-0.25, -0.2) is 9.37 Å². The van der Waals surface area contributed by atoms with Crippen LogP contribution in [0.1, 0.15) is 35.4 Å². The first-order valence-corrected chi connectivity index (χ1v) is 11.5. The molecule has 0 aliphatic carbocycles. The fourth-order valence-electron chi connectivity index (χ4n) is 3.84. The molecule has 4 rings (SSSR count). The Morgan fingerprint density at radius 3 is 2.91 bits per heavy atom. The highest BCUT2D eigenvalue weighted by molar-refractivity contribution is 6.30. The van der Waals surface area contributed by atoms with Gasteiger partial charge in [0, 0.05) is 18.0 Å². The first-order valence-electron chi connectivity index (χ1n) is 11.1. The lowest BCUT2D eigenvalue weighted by atomic mass is 9.93. The van der Waals surface area contributed by atoms with Crippen LogP contribution in [0.5, 0.6) is 5.75 Å². The predicted octanol–water partition coefficient (Wildman–Crippen LogP) is 2.32. The number of aromatic amines is 1. The molecule has 1 fully saturated rings. The zero-order valence-electron chi connectivity index (χ0n) is 18.7. The van der Waals surface area contributed by atoms with Gasteiger partial charge in [-0.2, -0.15) is 0 Å². The Morgan fingerprint density at radius 1 is 1.37 bits per heavy atom. The van der Waals surface area contributed by atoms with Crippen molar-refractivity contribution in [3.8, 4) is 5.75 Å². The molecule has 4 N–H and O–H groups in total. The molecule has 2 heterocycles. The van der Waals surface area contributed by atoms with Crippen molar-refractivity contribution in [3.05, 3.63) is 69.0 Å². The number of hydrogen-bond acceptors (Lipinski definition) is 7. The third-order valence-electron chi connectivity index (χ3n) is 5.84. The van der Waals surface area contributed by atoms with Crippen LogP contribution in [0.15, 0.2) is 41.2 Å². The molecule has 1 saturated heterocycles. The van der Waals surface area contributed by atoms with Crippen molar-refractivity contribution in [2.75, 3.05) is 19.8 Å². The summed E-state index contributed by atoms with van der Waals surface area (Å²) in [5.41, 5.74) is -1.06. The molecule has 2 unspecified atom stereocenters. The molecule has 1 amide bonds. The lowest BCUT2D eigenvalue weighted by Crippen LogP contribution is -2.45. The van der Waals surface area contributed by atoms with Crippen LogP contribution in [0.25, 0.3) is 10.9 Å². The molecule has 1 aromatic heterocycles.